The van der Waals surface area contributed by atoms with Gasteiger partial charge in [-0.2, -0.15) is 5.26 Å². The number of nitrogens with zero attached hydrogens (tertiary/aromatic N) is 2. The van der Waals surface area contributed by atoms with Gasteiger partial charge in [-0.25, -0.2) is 9.78 Å². The molecule has 0 bridgehead atoms. The van der Waals surface area contributed by atoms with Crippen LogP contribution in [0.1, 0.15) is 21.1 Å². The van der Waals surface area contributed by atoms with E-state index in [1.54, 1.807) is 36.4 Å². The molecule has 0 unspecified atom stereocenters. The number of furan rings is 1. The Hall–Kier alpha value is -3.69. The second-order valence-corrected chi connectivity index (χ2v) is 6.78. The Morgan fingerprint density at radius 2 is 2.00 bits per heavy atom. The Morgan fingerprint density at radius 1 is 1.15 bits per heavy atom. The minimum atomic E-state index is -0.994. The lowest BCUT2D eigenvalue weighted by atomic mass is 10.1. The third-order valence-corrected chi connectivity index (χ3v) is 5.02. The van der Waals surface area contributed by atoms with Crippen LogP contribution in [-0.4, -0.2) is 16.1 Å². The topological polar surface area (TPSA) is 87.1 Å². The van der Waals surface area contributed by atoms with Gasteiger partial charge in [-0.3, -0.25) is 0 Å². The summed E-state index contributed by atoms with van der Waals surface area (Å²) in [5, 5.41) is 19.3. The Balaban J connectivity index is 1.68. The number of para-hydroxylation sites is 1. The fourth-order valence-corrected chi connectivity index (χ4v) is 3.59. The van der Waals surface area contributed by atoms with E-state index in [0.29, 0.717) is 27.7 Å². The number of thiazole rings is 1. The molecule has 0 fully saturated rings. The predicted octanol–water partition coefficient (Wildman–Crippen LogP) is 5.32. The quantitative estimate of drug-likeness (QED) is 0.490. The molecule has 0 saturated carbocycles. The molecule has 1 N–H and O–H groups in total. The lowest BCUT2D eigenvalue weighted by Crippen LogP contribution is -1.95. The second kappa shape index (κ2) is 6.90. The second-order valence-electron chi connectivity index (χ2n) is 5.74. The zero-order valence-electron chi connectivity index (χ0n) is 13.9. The van der Waals surface area contributed by atoms with E-state index in [1.807, 2.05) is 24.3 Å². The van der Waals surface area contributed by atoms with Crippen molar-refractivity contribution >= 4 is 39.2 Å². The Bertz CT molecular complexity index is 1190. The fourth-order valence-electron chi connectivity index (χ4n) is 2.66. The minimum Gasteiger partial charge on any atom is -0.478 e. The fraction of sp³-hybridized carbons (Fsp3) is 0. The van der Waals surface area contributed by atoms with Crippen LogP contribution in [0.4, 0.5) is 0 Å². The van der Waals surface area contributed by atoms with Gasteiger partial charge in [0.15, 0.2) is 0 Å². The predicted molar refractivity (Wildman–Crippen MR) is 104 cm³/mol. The molecular formula is C21H12N2O3S. The van der Waals surface area contributed by atoms with Gasteiger partial charge in [-0.15, -0.1) is 11.3 Å². The zero-order valence-corrected chi connectivity index (χ0v) is 14.7. The van der Waals surface area contributed by atoms with Crippen LogP contribution in [0.5, 0.6) is 0 Å². The summed E-state index contributed by atoms with van der Waals surface area (Å²) in [7, 11) is 0. The molecule has 0 spiro atoms. The highest BCUT2D eigenvalue weighted by molar-refractivity contribution is 7.19. The van der Waals surface area contributed by atoms with Gasteiger partial charge in [0, 0.05) is 11.6 Å². The van der Waals surface area contributed by atoms with Gasteiger partial charge in [0.05, 0.1) is 21.4 Å². The molecule has 130 valence electrons. The first-order chi connectivity index (χ1) is 13.1. The summed E-state index contributed by atoms with van der Waals surface area (Å²) in [5.41, 5.74) is 2.11. The van der Waals surface area contributed by atoms with Crippen LogP contribution in [-0.2, 0) is 0 Å². The summed E-state index contributed by atoms with van der Waals surface area (Å²) in [6, 6.07) is 19.9. The van der Waals surface area contributed by atoms with Crippen LogP contribution in [0.2, 0.25) is 0 Å². The molecule has 0 aliphatic carbocycles. The van der Waals surface area contributed by atoms with Crippen molar-refractivity contribution in [3.8, 4) is 17.4 Å². The number of allylic oxidation sites excluding steroid dienone is 1. The van der Waals surface area contributed by atoms with E-state index in [9.17, 15) is 10.1 Å². The molecule has 5 nitrogen and oxygen atoms in total. The molecule has 6 heteroatoms. The van der Waals surface area contributed by atoms with Crippen molar-refractivity contribution in [2.45, 2.75) is 0 Å². The van der Waals surface area contributed by atoms with Gasteiger partial charge < -0.3 is 9.52 Å². The number of aromatic nitrogens is 1. The Kier molecular flexibility index (Phi) is 4.29. The van der Waals surface area contributed by atoms with Crippen molar-refractivity contribution < 1.29 is 14.3 Å². The molecule has 2 heterocycles. The molecule has 0 radical (unpaired) electrons. The molecule has 2 aromatic heterocycles. The van der Waals surface area contributed by atoms with Gasteiger partial charge >= 0.3 is 5.97 Å². The summed E-state index contributed by atoms with van der Waals surface area (Å²) < 4.78 is 6.80. The van der Waals surface area contributed by atoms with E-state index in [2.05, 4.69) is 11.1 Å². The maximum atomic E-state index is 11.1. The summed E-state index contributed by atoms with van der Waals surface area (Å²) in [5.74, 6) is 0.0404. The molecule has 2 aromatic carbocycles. The molecule has 0 amide bonds. The van der Waals surface area contributed by atoms with E-state index in [4.69, 9.17) is 9.52 Å². The normalized spacial score (nSPS) is 11.4. The molecule has 4 aromatic rings. The number of aromatic carboxylic acids is 1. The first-order valence-corrected chi connectivity index (χ1v) is 8.87. The number of hydrogen-bond acceptors (Lipinski definition) is 5. The van der Waals surface area contributed by atoms with Gasteiger partial charge in [0.2, 0.25) is 0 Å². The number of nitriles is 1. The number of fused-ring (bicyclic) bond motifs is 1. The maximum absolute atomic E-state index is 11.1. The lowest BCUT2D eigenvalue weighted by Gasteiger charge is -1.99. The Morgan fingerprint density at radius 3 is 2.78 bits per heavy atom. The third-order valence-electron chi connectivity index (χ3n) is 3.95. The number of benzene rings is 2. The van der Waals surface area contributed by atoms with Crippen LogP contribution < -0.4 is 0 Å². The van der Waals surface area contributed by atoms with Crippen LogP contribution in [0, 0.1) is 11.3 Å². The van der Waals surface area contributed by atoms with Crippen LogP contribution in [0.25, 0.3) is 33.2 Å². The smallest absolute Gasteiger partial charge is 0.335 e. The number of carbonyl (C=O) groups is 1. The highest BCUT2D eigenvalue weighted by Crippen LogP contribution is 2.29. The summed E-state index contributed by atoms with van der Waals surface area (Å²) in [4.78, 5) is 15.6. The number of carboxylic acid groups (broad SMARTS) is 1. The Labute approximate surface area is 158 Å². The third kappa shape index (κ3) is 3.36. The lowest BCUT2D eigenvalue weighted by molar-refractivity contribution is 0.0697. The average Bonchev–Trinajstić information content (AvgIpc) is 3.33. The van der Waals surface area contributed by atoms with Crippen molar-refractivity contribution in [3.05, 3.63) is 77.0 Å². The highest BCUT2D eigenvalue weighted by Gasteiger charge is 2.11. The van der Waals surface area contributed by atoms with E-state index in [1.165, 1.54) is 17.4 Å². The van der Waals surface area contributed by atoms with Gasteiger partial charge in [0.25, 0.3) is 0 Å². The number of carboxylic acids is 1. The molecule has 0 aliphatic rings. The average molecular weight is 372 g/mol. The van der Waals surface area contributed by atoms with Crippen molar-refractivity contribution in [1.82, 2.24) is 4.98 Å². The van der Waals surface area contributed by atoms with Gasteiger partial charge in [-0.1, -0.05) is 24.3 Å². The number of rotatable bonds is 4. The maximum Gasteiger partial charge on any atom is 0.335 e. The van der Waals surface area contributed by atoms with E-state index in [0.717, 1.165) is 10.2 Å². The molecule has 4 rings (SSSR count). The molecule has 27 heavy (non-hydrogen) atoms. The number of hydrogen-bond donors (Lipinski definition) is 1. The summed E-state index contributed by atoms with van der Waals surface area (Å²) >= 11 is 1.45. The first-order valence-electron chi connectivity index (χ1n) is 8.05. The highest BCUT2D eigenvalue weighted by atomic mass is 32.1. The first kappa shape index (κ1) is 16.8. The van der Waals surface area contributed by atoms with E-state index < -0.39 is 5.97 Å². The summed E-state index contributed by atoms with van der Waals surface area (Å²) in [6.45, 7) is 0. The molecule has 0 atom stereocenters. The molecular weight excluding hydrogens is 360 g/mol. The van der Waals surface area contributed by atoms with Gasteiger partial charge in [0.1, 0.15) is 22.6 Å². The standard InChI is InChI=1S/C21H12N2O3S/c22-12-15(20-23-17-6-1-2-7-19(17)27-20)11-16-8-9-18(26-16)13-4-3-5-14(10-13)21(24)25/h1-11H,(H,24,25)/b15-11-. The van der Waals surface area contributed by atoms with Gasteiger partial charge in [-0.05, 0) is 36.4 Å². The van der Waals surface area contributed by atoms with Crippen LogP contribution >= 0.6 is 11.3 Å². The molecule has 0 aliphatic heterocycles. The van der Waals surface area contributed by atoms with Crippen molar-refractivity contribution in [2.24, 2.45) is 0 Å². The van der Waals surface area contributed by atoms with E-state index in [-0.39, 0.29) is 5.56 Å². The largest absolute Gasteiger partial charge is 0.478 e. The van der Waals surface area contributed by atoms with Crippen molar-refractivity contribution in [3.63, 3.8) is 0 Å². The SMILES string of the molecule is N#C/C(=C/c1ccc(-c2cccc(C(=O)O)c2)o1)c1nc2ccccc2s1. The minimum absolute atomic E-state index is 0.188. The monoisotopic (exact) mass is 372 g/mol. The van der Waals surface area contributed by atoms with Crippen molar-refractivity contribution in [1.29, 1.82) is 5.26 Å². The van der Waals surface area contributed by atoms with Crippen LogP contribution in [0.3, 0.4) is 0 Å². The van der Waals surface area contributed by atoms with Crippen LogP contribution in [0.15, 0.2) is 65.1 Å². The van der Waals surface area contributed by atoms with E-state index >= 15 is 0 Å². The van der Waals surface area contributed by atoms with Crippen molar-refractivity contribution in [2.75, 3.05) is 0 Å². The zero-order chi connectivity index (χ0) is 18.8. The summed E-state index contributed by atoms with van der Waals surface area (Å²) in [6.07, 6.45) is 1.64. The molecule has 0 saturated heterocycles.